The van der Waals surface area contributed by atoms with Gasteiger partial charge in [0.2, 0.25) is 5.13 Å². The van der Waals surface area contributed by atoms with E-state index < -0.39 is 0 Å². The number of hydrazone groups is 1. The molecule has 0 unspecified atom stereocenters. The fraction of sp³-hybridized carbons (Fsp3) is 0. The molecule has 0 saturated carbocycles. The lowest BCUT2D eigenvalue weighted by atomic mass is 10.1. The molecule has 166 valence electrons. The molecular formula is C26H18ClN5OS. The Kier molecular flexibility index (Phi) is 6.29. The van der Waals surface area contributed by atoms with E-state index in [1.54, 1.807) is 12.3 Å². The Morgan fingerprint density at radius 3 is 2.35 bits per heavy atom. The van der Waals surface area contributed by atoms with Crippen LogP contribution in [-0.4, -0.2) is 21.0 Å². The molecule has 5 rings (SSSR count). The minimum atomic E-state index is -0.192. The first kappa shape index (κ1) is 21.8. The zero-order valence-corrected chi connectivity index (χ0v) is 19.4. The average Bonchev–Trinajstić information content (AvgIpc) is 3.35. The monoisotopic (exact) mass is 483 g/mol. The van der Waals surface area contributed by atoms with Gasteiger partial charge >= 0.3 is 0 Å². The molecule has 1 N–H and O–H groups in total. The molecule has 0 saturated heterocycles. The van der Waals surface area contributed by atoms with Crippen LogP contribution in [-0.2, 0) is 0 Å². The maximum atomic E-state index is 12.4. The van der Waals surface area contributed by atoms with Gasteiger partial charge in [-0.05, 0) is 35.9 Å². The highest BCUT2D eigenvalue weighted by atomic mass is 35.5. The highest BCUT2D eigenvalue weighted by Crippen LogP contribution is 2.26. The Hall–Kier alpha value is -4.07. The molecule has 0 aliphatic heterocycles. The van der Waals surface area contributed by atoms with Crippen LogP contribution in [0.4, 0.5) is 5.13 Å². The van der Waals surface area contributed by atoms with Gasteiger partial charge in [0, 0.05) is 27.6 Å². The summed E-state index contributed by atoms with van der Waals surface area (Å²) in [5.41, 5.74) is 7.86. The first-order valence-electron chi connectivity index (χ1n) is 10.4. The van der Waals surface area contributed by atoms with E-state index in [9.17, 15) is 4.79 Å². The van der Waals surface area contributed by atoms with E-state index in [0.717, 1.165) is 28.1 Å². The van der Waals surface area contributed by atoms with Gasteiger partial charge < -0.3 is 0 Å². The van der Waals surface area contributed by atoms with Crippen LogP contribution in [0, 0.1) is 0 Å². The van der Waals surface area contributed by atoms with Crippen molar-refractivity contribution in [1.29, 1.82) is 0 Å². The molecule has 0 atom stereocenters. The largest absolute Gasteiger partial charge is 0.271 e. The lowest BCUT2D eigenvalue weighted by Crippen LogP contribution is -2.20. The summed E-state index contributed by atoms with van der Waals surface area (Å²) in [5.74, 6) is 0. The molecule has 3 aromatic carbocycles. The van der Waals surface area contributed by atoms with Gasteiger partial charge in [-0.2, -0.15) is 14.9 Å². The summed E-state index contributed by atoms with van der Waals surface area (Å²) in [6.07, 6.45) is 1.70. The third kappa shape index (κ3) is 4.96. The van der Waals surface area contributed by atoms with E-state index in [2.05, 4.69) is 20.6 Å². The fourth-order valence-corrected chi connectivity index (χ4v) is 4.10. The third-order valence-electron chi connectivity index (χ3n) is 5.03. The quantitative estimate of drug-likeness (QED) is 0.233. The summed E-state index contributed by atoms with van der Waals surface area (Å²) < 4.78 is 1.40. The number of nitrogens with zero attached hydrogens (tertiary/aromatic N) is 4. The van der Waals surface area contributed by atoms with Gasteiger partial charge in [-0.15, -0.1) is 11.3 Å². The number of thiazole rings is 1. The number of hydrogen-bond acceptors (Lipinski definition) is 6. The van der Waals surface area contributed by atoms with Crippen molar-refractivity contribution in [3.8, 4) is 28.2 Å². The lowest BCUT2D eigenvalue weighted by Gasteiger charge is -2.07. The molecule has 6 nitrogen and oxygen atoms in total. The third-order valence-corrected chi connectivity index (χ3v) is 6.02. The van der Waals surface area contributed by atoms with Gasteiger partial charge in [-0.25, -0.2) is 4.98 Å². The van der Waals surface area contributed by atoms with Crippen LogP contribution in [0.25, 0.3) is 28.2 Å². The van der Waals surface area contributed by atoms with E-state index >= 15 is 0 Å². The number of hydrogen-bond donors (Lipinski definition) is 1. The predicted molar refractivity (Wildman–Crippen MR) is 139 cm³/mol. The molecular weight excluding hydrogens is 466 g/mol. The first-order chi connectivity index (χ1) is 16.7. The van der Waals surface area contributed by atoms with Crippen molar-refractivity contribution in [3.05, 3.63) is 117 Å². The minimum absolute atomic E-state index is 0.192. The molecule has 0 radical (unpaired) electrons. The molecule has 5 aromatic rings. The average molecular weight is 484 g/mol. The molecule has 0 bridgehead atoms. The van der Waals surface area contributed by atoms with Crippen molar-refractivity contribution in [1.82, 2.24) is 14.8 Å². The number of halogens is 1. The smallest absolute Gasteiger partial charge is 0.267 e. The summed E-state index contributed by atoms with van der Waals surface area (Å²) in [6, 6.07) is 28.0. The minimum Gasteiger partial charge on any atom is -0.267 e. The number of nitrogens with one attached hydrogen (secondary N) is 1. The summed E-state index contributed by atoms with van der Waals surface area (Å²) in [7, 11) is 0. The zero-order chi connectivity index (χ0) is 23.3. The molecule has 34 heavy (non-hydrogen) atoms. The Balaban J connectivity index is 1.28. The van der Waals surface area contributed by atoms with E-state index in [-0.39, 0.29) is 5.56 Å². The van der Waals surface area contributed by atoms with Crippen molar-refractivity contribution >= 4 is 34.3 Å². The van der Waals surface area contributed by atoms with Gasteiger partial charge in [0.1, 0.15) is 0 Å². The van der Waals surface area contributed by atoms with Crippen LogP contribution in [0.5, 0.6) is 0 Å². The van der Waals surface area contributed by atoms with Gasteiger partial charge in [-0.1, -0.05) is 66.2 Å². The zero-order valence-electron chi connectivity index (χ0n) is 17.8. The Morgan fingerprint density at radius 2 is 1.59 bits per heavy atom. The van der Waals surface area contributed by atoms with Gasteiger partial charge in [0.05, 0.1) is 23.3 Å². The van der Waals surface area contributed by atoms with Crippen LogP contribution >= 0.6 is 22.9 Å². The Morgan fingerprint density at radius 1 is 0.853 bits per heavy atom. The maximum Gasteiger partial charge on any atom is 0.271 e. The number of aromatic nitrogens is 3. The van der Waals surface area contributed by atoms with Crippen LogP contribution in [0.2, 0.25) is 5.02 Å². The molecule has 0 amide bonds. The van der Waals surface area contributed by atoms with Gasteiger partial charge in [0.25, 0.3) is 5.56 Å². The molecule has 0 spiro atoms. The first-order valence-corrected chi connectivity index (χ1v) is 11.7. The molecule has 0 fully saturated rings. The summed E-state index contributed by atoms with van der Waals surface area (Å²) in [4.78, 5) is 16.9. The van der Waals surface area contributed by atoms with Crippen LogP contribution in [0.3, 0.4) is 0 Å². The maximum absolute atomic E-state index is 12.4. The highest BCUT2D eigenvalue weighted by molar-refractivity contribution is 7.14. The van der Waals surface area contributed by atoms with Crippen molar-refractivity contribution in [2.75, 3.05) is 5.43 Å². The second-order valence-corrected chi connectivity index (χ2v) is 8.64. The number of benzene rings is 3. The Labute approximate surface area is 204 Å². The van der Waals surface area contributed by atoms with E-state index in [0.29, 0.717) is 15.8 Å². The molecule has 2 aromatic heterocycles. The molecule has 0 aliphatic carbocycles. The Bertz CT molecular complexity index is 1490. The second kappa shape index (κ2) is 9.82. The van der Waals surface area contributed by atoms with Crippen LogP contribution in [0.15, 0.2) is 106 Å². The number of anilines is 1. The summed E-state index contributed by atoms with van der Waals surface area (Å²) >= 11 is 7.42. The van der Waals surface area contributed by atoms with Crippen molar-refractivity contribution in [2.45, 2.75) is 0 Å². The lowest BCUT2D eigenvalue weighted by molar-refractivity contribution is 0.812. The van der Waals surface area contributed by atoms with Crippen molar-refractivity contribution in [3.63, 3.8) is 0 Å². The van der Waals surface area contributed by atoms with E-state index in [1.165, 1.54) is 22.1 Å². The van der Waals surface area contributed by atoms with Crippen molar-refractivity contribution < 1.29 is 0 Å². The van der Waals surface area contributed by atoms with Crippen LogP contribution in [0.1, 0.15) is 5.56 Å². The van der Waals surface area contributed by atoms with Crippen LogP contribution < -0.4 is 11.0 Å². The summed E-state index contributed by atoms with van der Waals surface area (Å²) in [6.45, 7) is 0. The summed E-state index contributed by atoms with van der Waals surface area (Å²) in [5, 5.41) is 12.1. The normalized spacial score (nSPS) is 11.1. The van der Waals surface area contributed by atoms with Gasteiger partial charge in [0.15, 0.2) is 0 Å². The van der Waals surface area contributed by atoms with Crippen molar-refractivity contribution in [2.24, 2.45) is 5.10 Å². The number of rotatable bonds is 6. The molecule has 2 heterocycles. The van der Waals surface area contributed by atoms with E-state index in [4.69, 9.17) is 11.6 Å². The fourth-order valence-electron chi connectivity index (χ4n) is 3.30. The highest BCUT2D eigenvalue weighted by Gasteiger charge is 2.06. The van der Waals surface area contributed by atoms with E-state index in [1.807, 2.05) is 84.2 Å². The molecule has 0 aliphatic rings. The second-order valence-electron chi connectivity index (χ2n) is 7.34. The molecule has 8 heteroatoms. The topological polar surface area (TPSA) is 72.2 Å². The SMILES string of the molecule is O=c1ccc(-c2ccccc2)nn1-c1ccc(C=NNc2nc(-c3ccc(Cl)cc3)cs2)cc1. The standard InChI is InChI=1S/C26H18ClN5OS/c27-21-10-8-20(9-11-21)24-17-34-26(29-24)30-28-16-18-6-12-22(13-7-18)32-25(33)15-14-23(31-32)19-4-2-1-3-5-19/h1-17H,(H,29,30). The predicted octanol–water partition coefficient (Wildman–Crippen LogP) is 6.12. The van der Waals surface area contributed by atoms with Gasteiger partial charge in [-0.3, -0.25) is 10.2 Å².